The van der Waals surface area contributed by atoms with Crippen LogP contribution in [0.15, 0.2) is 36.4 Å². The van der Waals surface area contributed by atoms with Crippen LogP contribution in [-0.2, 0) is 0 Å². The number of nitrogens with one attached hydrogen (secondary N) is 2. The molecule has 1 saturated heterocycles. The molecule has 0 aromatic heterocycles. The zero-order chi connectivity index (χ0) is 19.2. The van der Waals surface area contributed by atoms with E-state index in [1.54, 1.807) is 0 Å². The van der Waals surface area contributed by atoms with E-state index in [9.17, 15) is 4.79 Å². The maximum absolute atomic E-state index is 12.0. The number of ether oxygens (including phenoxy) is 1. The van der Waals surface area contributed by atoms with Gasteiger partial charge in [0.25, 0.3) is 0 Å². The molecule has 5 nitrogen and oxygen atoms in total. The molecule has 0 spiro atoms. The maximum Gasteiger partial charge on any atom is 0.321 e. The molecule has 0 atom stereocenters. The summed E-state index contributed by atoms with van der Waals surface area (Å²) in [5.74, 6) is 0.681. The normalized spacial score (nSPS) is 14.0. The van der Waals surface area contributed by atoms with Crippen LogP contribution in [-0.4, -0.2) is 25.9 Å². The van der Waals surface area contributed by atoms with Gasteiger partial charge in [-0.1, -0.05) is 11.6 Å². The van der Waals surface area contributed by atoms with Gasteiger partial charge in [0.2, 0.25) is 0 Å². The Morgan fingerprint density at radius 1 is 1.07 bits per heavy atom. The zero-order valence-corrected chi connectivity index (χ0v) is 16.6. The van der Waals surface area contributed by atoms with Crippen molar-refractivity contribution in [2.24, 2.45) is 0 Å². The molecule has 27 heavy (non-hydrogen) atoms. The molecule has 0 radical (unpaired) electrons. The van der Waals surface area contributed by atoms with Crippen LogP contribution in [0.3, 0.4) is 0 Å². The summed E-state index contributed by atoms with van der Waals surface area (Å²) in [5, 5.41) is 6.25. The van der Waals surface area contributed by atoms with Crippen molar-refractivity contribution in [3.05, 3.63) is 52.5 Å². The molecule has 6 heteroatoms. The molecular weight excluding hydrogens is 362 g/mol. The third-order valence-corrected chi connectivity index (χ3v) is 5.32. The number of carbonyl (C=O) groups excluding carboxylic acids is 1. The number of rotatable bonds is 5. The largest absolute Gasteiger partial charge is 0.473 e. The molecule has 1 heterocycles. The van der Waals surface area contributed by atoms with Crippen LogP contribution in [0.2, 0.25) is 5.02 Å². The summed E-state index contributed by atoms with van der Waals surface area (Å²) in [6.45, 7) is 6.15. The second kappa shape index (κ2) is 9.00. The molecule has 2 aromatic carbocycles. The molecule has 1 fully saturated rings. The lowest BCUT2D eigenvalue weighted by molar-refractivity contribution is 0.234. The van der Waals surface area contributed by atoms with Crippen molar-refractivity contribution in [2.45, 2.75) is 33.1 Å². The Balaban J connectivity index is 1.46. The first-order valence-corrected chi connectivity index (χ1v) is 9.70. The van der Waals surface area contributed by atoms with Crippen LogP contribution >= 0.6 is 11.6 Å². The van der Waals surface area contributed by atoms with Crippen LogP contribution in [0.1, 0.15) is 30.4 Å². The highest BCUT2D eigenvalue weighted by molar-refractivity contribution is 6.32. The molecule has 1 aliphatic rings. The Labute approximate surface area is 165 Å². The van der Waals surface area contributed by atoms with Crippen LogP contribution < -0.4 is 20.3 Å². The highest BCUT2D eigenvalue weighted by Crippen LogP contribution is 2.25. The fourth-order valence-corrected chi connectivity index (χ4v) is 3.37. The summed E-state index contributed by atoms with van der Waals surface area (Å²) in [4.78, 5) is 14.4. The van der Waals surface area contributed by atoms with E-state index in [0.717, 1.165) is 34.9 Å². The fourth-order valence-electron chi connectivity index (χ4n) is 3.26. The minimum absolute atomic E-state index is 0.0816. The fraction of sp³-hybridized carbons (Fsp3) is 0.381. The van der Waals surface area contributed by atoms with Gasteiger partial charge in [0.15, 0.2) is 6.73 Å². The van der Waals surface area contributed by atoms with Gasteiger partial charge in [-0.25, -0.2) is 4.79 Å². The Morgan fingerprint density at radius 2 is 1.70 bits per heavy atom. The SMILES string of the molecule is Cc1cc(OCNC(=O)Nc2ccc(N3CCCCC3)cc2)cc(C)c1Cl. The quantitative estimate of drug-likeness (QED) is 0.701. The number of urea groups is 1. The molecule has 0 saturated carbocycles. The Kier molecular flexibility index (Phi) is 6.45. The highest BCUT2D eigenvalue weighted by atomic mass is 35.5. The molecular formula is C21H26ClN3O2. The van der Waals surface area contributed by atoms with Crippen LogP contribution in [0.25, 0.3) is 0 Å². The topological polar surface area (TPSA) is 53.6 Å². The summed E-state index contributed by atoms with van der Waals surface area (Å²) < 4.78 is 5.59. The summed E-state index contributed by atoms with van der Waals surface area (Å²) in [7, 11) is 0. The third kappa shape index (κ3) is 5.30. The van der Waals surface area contributed by atoms with E-state index >= 15 is 0 Å². The van der Waals surface area contributed by atoms with E-state index in [4.69, 9.17) is 16.3 Å². The summed E-state index contributed by atoms with van der Waals surface area (Å²) in [5.41, 5.74) is 3.86. The number of aryl methyl sites for hydroxylation is 2. The molecule has 2 aromatic rings. The Morgan fingerprint density at radius 3 is 2.33 bits per heavy atom. The molecule has 2 N–H and O–H groups in total. The molecule has 144 valence electrons. The maximum atomic E-state index is 12.0. The van der Waals surface area contributed by atoms with E-state index in [1.165, 1.54) is 24.9 Å². The number of nitrogens with zero attached hydrogens (tertiary/aromatic N) is 1. The van der Waals surface area contributed by atoms with Crippen molar-refractivity contribution < 1.29 is 9.53 Å². The van der Waals surface area contributed by atoms with Gasteiger partial charge in [-0.2, -0.15) is 0 Å². The molecule has 3 rings (SSSR count). The first-order valence-electron chi connectivity index (χ1n) is 9.32. The number of carbonyl (C=O) groups is 1. The lowest BCUT2D eigenvalue weighted by Crippen LogP contribution is -2.32. The number of anilines is 2. The Bertz CT molecular complexity index is 764. The standard InChI is InChI=1S/C21H26ClN3O2/c1-15-12-19(13-16(2)20(15)22)27-14-23-21(26)24-17-6-8-18(9-7-17)25-10-4-3-5-11-25/h6-9,12-13H,3-5,10-11,14H2,1-2H3,(H2,23,24,26). The number of piperidine rings is 1. The van der Waals surface area contributed by atoms with Gasteiger partial charge in [-0.3, -0.25) is 0 Å². The number of benzene rings is 2. The van der Waals surface area contributed by atoms with Crippen LogP contribution in [0.5, 0.6) is 5.75 Å². The van der Waals surface area contributed by atoms with Crippen molar-refractivity contribution in [2.75, 3.05) is 30.0 Å². The predicted molar refractivity (Wildman–Crippen MR) is 111 cm³/mol. The van der Waals surface area contributed by atoms with Crippen LogP contribution in [0, 0.1) is 13.8 Å². The summed E-state index contributed by atoms with van der Waals surface area (Å²) in [6.07, 6.45) is 3.80. The average Bonchev–Trinajstić information content (AvgIpc) is 2.67. The van der Waals surface area contributed by atoms with Crippen molar-refractivity contribution in [3.63, 3.8) is 0 Å². The van der Waals surface area contributed by atoms with Crippen molar-refractivity contribution in [1.29, 1.82) is 0 Å². The van der Waals surface area contributed by atoms with E-state index in [2.05, 4.69) is 27.7 Å². The molecule has 0 unspecified atom stereocenters. The van der Waals surface area contributed by atoms with Gasteiger partial charge in [0.1, 0.15) is 5.75 Å². The highest BCUT2D eigenvalue weighted by Gasteiger charge is 2.11. The zero-order valence-electron chi connectivity index (χ0n) is 15.8. The van der Waals surface area contributed by atoms with E-state index in [1.807, 2.05) is 38.1 Å². The van der Waals surface area contributed by atoms with Crippen molar-refractivity contribution >= 4 is 29.0 Å². The third-order valence-electron chi connectivity index (χ3n) is 4.73. The summed E-state index contributed by atoms with van der Waals surface area (Å²) >= 11 is 6.15. The van der Waals surface area contributed by atoms with Crippen molar-refractivity contribution in [3.8, 4) is 5.75 Å². The second-order valence-corrected chi connectivity index (χ2v) is 7.26. The lowest BCUT2D eigenvalue weighted by Gasteiger charge is -2.28. The van der Waals surface area contributed by atoms with Crippen LogP contribution in [0.4, 0.5) is 16.2 Å². The first-order chi connectivity index (χ1) is 13.0. The van der Waals surface area contributed by atoms with Gasteiger partial charge >= 0.3 is 6.03 Å². The van der Waals surface area contributed by atoms with E-state index in [0.29, 0.717) is 5.75 Å². The average molecular weight is 388 g/mol. The van der Waals surface area contributed by atoms with Gasteiger partial charge in [-0.15, -0.1) is 0 Å². The molecule has 1 aliphatic heterocycles. The second-order valence-electron chi connectivity index (χ2n) is 6.89. The number of hydrogen-bond donors (Lipinski definition) is 2. The minimum Gasteiger partial charge on any atom is -0.473 e. The number of amides is 2. The van der Waals surface area contributed by atoms with E-state index in [-0.39, 0.29) is 12.8 Å². The van der Waals surface area contributed by atoms with Gasteiger partial charge in [0.05, 0.1) is 0 Å². The predicted octanol–water partition coefficient (Wildman–Crippen LogP) is 5.11. The van der Waals surface area contributed by atoms with Crippen molar-refractivity contribution in [1.82, 2.24) is 5.32 Å². The first kappa shape index (κ1) is 19.4. The van der Waals surface area contributed by atoms with Gasteiger partial charge < -0.3 is 20.3 Å². The van der Waals surface area contributed by atoms with E-state index < -0.39 is 0 Å². The molecule has 0 aliphatic carbocycles. The smallest absolute Gasteiger partial charge is 0.321 e. The summed E-state index contributed by atoms with van der Waals surface area (Å²) in [6, 6.07) is 11.4. The van der Waals surface area contributed by atoms with Gasteiger partial charge in [0, 0.05) is 29.5 Å². The van der Waals surface area contributed by atoms with Gasteiger partial charge in [-0.05, 0) is 80.6 Å². The number of halogens is 1. The minimum atomic E-state index is -0.303. The monoisotopic (exact) mass is 387 g/mol. The Hall–Kier alpha value is -2.40. The molecule has 0 bridgehead atoms. The lowest BCUT2D eigenvalue weighted by atomic mass is 10.1. The molecule has 2 amide bonds. The number of hydrogen-bond acceptors (Lipinski definition) is 3.